The minimum atomic E-state index is -0.609. The zero-order chi connectivity index (χ0) is 15.0. The van der Waals surface area contributed by atoms with Crippen LogP contribution in [0.1, 0.15) is 0 Å². The average Bonchev–Trinajstić information content (AvgIpc) is 3.06. The Morgan fingerprint density at radius 2 is 2.19 bits per heavy atom. The second-order valence-electron chi connectivity index (χ2n) is 4.17. The topological polar surface area (TPSA) is 95.2 Å². The summed E-state index contributed by atoms with van der Waals surface area (Å²) < 4.78 is 18.6. The lowest BCUT2D eigenvalue weighted by atomic mass is 10.1. The molecule has 1 aromatic carbocycles. The quantitative estimate of drug-likeness (QED) is 0.588. The van der Waals surface area contributed by atoms with E-state index in [-0.39, 0.29) is 22.8 Å². The van der Waals surface area contributed by atoms with Crippen LogP contribution >= 0.6 is 11.3 Å². The molecule has 106 valence electrons. The smallest absolute Gasteiger partial charge is 0.280 e. The Kier molecular flexibility index (Phi) is 3.15. The van der Waals surface area contributed by atoms with E-state index in [4.69, 9.17) is 10.3 Å². The second-order valence-corrected chi connectivity index (χ2v) is 5.12. The van der Waals surface area contributed by atoms with Crippen LogP contribution in [0.5, 0.6) is 0 Å². The van der Waals surface area contributed by atoms with Crippen molar-refractivity contribution >= 4 is 22.8 Å². The van der Waals surface area contributed by atoms with Gasteiger partial charge < -0.3 is 10.3 Å². The molecule has 2 heterocycles. The van der Waals surface area contributed by atoms with Gasteiger partial charge in [-0.3, -0.25) is 10.1 Å². The Morgan fingerprint density at radius 3 is 2.86 bits per heavy atom. The number of nitrogen functional groups attached to an aromatic ring is 1. The number of nitrogens with zero attached hydrogens (tertiary/aromatic N) is 2. The molecule has 0 bridgehead atoms. The Balaban J connectivity index is 2.28. The molecule has 0 fully saturated rings. The molecule has 0 aliphatic carbocycles. The lowest BCUT2D eigenvalue weighted by Gasteiger charge is -2.02. The zero-order valence-corrected chi connectivity index (χ0v) is 11.3. The Bertz CT molecular complexity index is 814. The van der Waals surface area contributed by atoms with E-state index in [0.717, 1.165) is 23.1 Å². The normalized spacial score (nSPS) is 10.7. The van der Waals surface area contributed by atoms with Crippen molar-refractivity contribution in [2.24, 2.45) is 0 Å². The van der Waals surface area contributed by atoms with Gasteiger partial charge in [-0.1, -0.05) is 11.2 Å². The van der Waals surface area contributed by atoms with Crippen LogP contribution in [0.2, 0.25) is 0 Å². The first-order chi connectivity index (χ1) is 10.1. The molecule has 0 saturated heterocycles. The molecule has 0 amide bonds. The fraction of sp³-hybridized carbons (Fsp3) is 0. The van der Waals surface area contributed by atoms with Crippen molar-refractivity contribution in [1.82, 2.24) is 5.16 Å². The van der Waals surface area contributed by atoms with Crippen molar-refractivity contribution < 1.29 is 13.8 Å². The standard InChI is InChI=1S/C13H8FN3O3S/c14-7-3-4-9(17(18)19)8(6-7)12-11(13(15)16-20-12)10-2-1-5-21-10/h1-6H,(H2,15,16). The van der Waals surface area contributed by atoms with E-state index < -0.39 is 10.7 Å². The van der Waals surface area contributed by atoms with Crippen molar-refractivity contribution in [2.75, 3.05) is 5.73 Å². The predicted molar refractivity (Wildman–Crippen MR) is 76.3 cm³/mol. The molecule has 0 radical (unpaired) electrons. The van der Waals surface area contributed by atoms with Gasteiger partial charge in [-0.15, -0.1) is 11.3 Å². The van der Waals surface area contributed by atoms with Gasteiger partial charge in [0, 0.05) is 10.9 Å². The summed E-state index contributed by atoms with van der Waals surface area (Å²) in [6, 6.07) is 6.72. The Labute approximate surface area is 121 Å². The first kappa shape index (κ1) is 13.3. The van der Waals surface area contributed by atoms with Crippen LogP contribution in [0, 0.1) is 15.9 Å². The molecule has 6 nitrogen and oxygen atoms in total. The molecule has 21 heavy (non-hydrogen) atoms. The van der Waals surface area contributed by atoms with Crippen molar-refractivity contribution in [3.8, 4) is 21.8 Å². The van der Waals surface area contributed by atoms with Crippen LogP contribution < -0.4 is 5.73 Å². The Hall–Kier alpha value is -2.74. The molecular weight excluding hydrogens is 297 g/mol. The summed E-state index contributed by atoms with van der Waals surface area (Å²) in [5.74, 6) is -0.421. The molecule has 8 heteroatoms. The van der Waals surface area contributed by atoms with Gasteiger partial charge in [0.1, 0.15) is 11.4 Å². The number of nitrogens with two attached hydrogens (primary N) is 1. The molecule has 2 N–H and O–H groups in total. The summed E-state index contributed by atoms with van der Waals surface area (Å²) in [6.45, 7) is 0. The van der Waals surface area contributed by atoms with Gasteiger partial charge in [-0.2, -0.15) is 0 Å². The molecule has 0 saturated carbocycles. The molecule has 0 atom stereocenters. The lowest BCUT2D eigenvalue weighted by Crippen LogP contribution is -1.93. The molecule has 0 aliphatic heterocycles. The van der Waals surface area contributed by atoms with Gasteiger partial charge in [0.2, 0.25) is 0 Å². The fourth-order valence-corrected chi connectivity index (χ4v) is 2.77. The monoisotopic (exact) mass is 305 g/mol. The number of hydrogen-bond donors (Lipinski definition) is 1. The van der Waals surface area contributed by atoms with Crippen LogP contribution in [0.25, 0.3) is 21.8 Å². The van der Waals surface area contributed by atoms with Gasteiger partial charge in [-0.25, -0.2) is 4.39 Å². The summed E-state index contributed by atoms with van der Waals surface area (Å²) in [5, 5.41) is 16.6. The molecule has 3 aromatic rings. The summed E-state index contributed by atoms with van der Waals surface area (Å²) in [5.41, 5.74) is 5.94. The number of nitro benzene ring substituents is 1. The minimum Gasteiger partial charge on any atom is -0.380 e. The van der Waals surface area contributed by atoms with E-state index in [1.165, 1.54) is 11.3 Å². The summed E-state index contributed by atoms with van der Waals surface area (Å²) in [6.07, 6.45) is 0. The third kappa shape index (κ3) is 2.25. The maximum absolute atomic E-state index is 13.5. The van der Waals surface area contributed by atoms with Gasteiger partial charge in [0.05, 0.1) is 10.5 Å². The third-order valence-corrected chi connectivity index (χ3v) is 3.77. The van der Waals surface area contributed by atoms with Gasteiger partial charge >= 0.3 is 0 Å². The second kappa shape index (κ2) is 4.98. The number of rotatable bonds is 3. The first-order valence-corrected chi connectivity index (χ1v) is 6.69. The third-order valence-electron chi connectivity index (χ3n) is 2.89. The molecule has 0 unspecified atom stereocenters. The average molecular weight is 305 g/mol. The molecule has 0 spiro atoms. The SMILES string of the molecule is Nc1noc(-c2cc(F)ccc2[N+](=O)[O-])c1-c1cccs1. The maximum Gasteiger partial charge on any atom is 0.280 e. The van der Waals surface area contributed by atoms with Gasteiger partial charge in [0.25, 0.3) is 5.69 Å². The minimum absolute atomic E-state index is 0.00704. The van der Waals surface area contributed by atoms with Crippen LogP contribution in [0.3, 0.4) is 0 Å². The van der Waals surface area contributed by atoms with E-state index in [9.17, 15) is 14.5 Å². The number of anilines is 1. The van der Waals surface area contributed by atoms with E-state index in [2.05, 4.69) is 5.16 Å². The number of thiophene rings is 1. The van der Waals surface area contributed by atoms with Crippen molar-refractivity contribution in [3.05, 3.63) is 51.6 Å². The predicted octanol–water partition coefficient (Wildman–Crippen LogP) is 3.70. The summed E-state index contributed by atoms with van der Waals surface area (Å²) in [4.78, 5) is 11.2. The maximum atomic E-state index is 13.5. The number of hydrogen-bond acceptors (Lipinski definition) is 6. The van der Waals surface area contributed by atoms with E-state index >= 15 is 0 Å². The number of benzene rings is 1. The van der Waals surface area contributed by atoms with E-state index in [1.807, 2.05) is 5.38 Å². The van der Waals surface area contributed by atoms with Crippen molar-refractivity contribution in [1.29, 1.82) is 0 Å². The highest BCUT2D eigenvalue weighted by Gasteiger charge is 2.25. The van der Waals surface area contributed by atoms with E-state index in [1.54, 1.807) is 12.1 Å². The van der Waals surface area contributed by atoms with Crippen LogP contribution in [-0.4, -0.2) is 10.1 Å². The zero-order valence-electron chi connectivity index (χ0n) is 10.4. The molecule has 2 aromatic heterocycles. The number of nitro groups is 1. The largest absolute Gasteiger partial charge is 0.380 e. The molecular formula is C13H8FN3O3S. The lowest BCUT2D eigenvalue weighted by molar-refractivity contribution is -0.384. The Morgan fingerprint density at radius 1 is 1.38 bits per heavy atom. The van der Waals surface area contributed by atoms with Crippen LogP contribution in [-0.2, 0) is 0 Å². The molecule has 3 rings (SSSR count). The number of halogens is 1. The van der Waals surface area contributed by atoms with Crippen LogP contribution in [0.15, 0.2) is 40.2 Å². The van der Waals surface area contributed by atoms with Crippen LogP contribution in [0.4, 0.5) is 15.9 Å². The van der Waals surface area contributed by atoms with Gasteiger partial charge in [-0.05, 0) is 23.6 Å². The van der Waals surface area contributed by atoms with Crippen molar-refractivity contribution in [3.63, 3.8) is 0 Å². The highest BCUT2D eigenvalue weighted by atomic mass is 32.1. The van der Waals surface area contributed by atoms with Gasteiger partial charge in [0.15, 0.2) is 11.6 Å². The highest BCUT2D eigenvalue weighted by molar-refractivity contribution is 7.13. The first-order valence-electron chi connectivity index (χ1n) is 5.81. The summed E-state index contributed by atoms with van der Waals surface area (Å²) in [7, 11) is 0. The summed E-state index contributed by atoms with van der Waals surface area (Å²) >= 11 is 1.38. The molecule has 0 aliphatic rings. The highest BCUT2D eigenvalue weighted by Crippen LogP contribution is 2.42. The fourth-order valence-electron chi connectivity index (χ4n) is 1.99. The number of aromatic nitrogens is 1. The van der Waals surface area contributed by atoms with E-state index in [0.29, 0.717) is 5.56 Å². The van der Waals surface area contributed by atoms with Crippen molar-refractivity contribution in [2.45, 2.75) is 0 Å².